The first-order valence-electron chi connectivity index (χ1n) is 8.07. The van der Waals surface area contributed by atoms with Crippen molar-refractivity contribution in [3.05, 3.63) is 16.1 Å². The van der Waals surface area contributed by atoms with E-state index < -0.39 is 0 Å². The van der Waals surface area contributed by atoms with Gasteiger partial charge in [-0.15, -0.1) is 11.3 Å². The molecule has 2 heterocycles. The molecule has 0 bridgehead atoms. The summed E-state index contributed by atoms with van der Waals surface area (Å²) in [6.07, 6.45) is 3.13. The van der Waals surface area contributed by atoms with Gasteiger partial charge in [0.2, 0.25) is 0 Å². The molecule has 1 amide bonds. The number of thiazole rings is 1. The highest BCUT2D eigenvalue weighted by Gasteiger charge is 2.30. The maximum atomic E-state index is 12.8. The minimum Gasteiger partial charge on any atom is -0.466 e. The highest BCUT2D eigenvalue weighted by Crippen LogP contribution is 2.23. The van der Waals surface area contributed by atoms with Gasteiger partial charge in [0, 0.05) is 24.5 Å². The average Bonchev–Trinajstić information content (AvgIpc) is 2.95. The van der Waals surface area contributed by atoms with E-state index >= 15 is 0 Å². The fourth-order valence-corrected chi connectivity index (χ4v) is 3.68. The van der Waals surface area contributed by atoms with Crippen molar-refractivity contribution in [2.45, 2.75) is 45.2 Å². The summed E-state index contributed by atoms with van der Waals surface area (Å²) in [5.74, 6) is -0.302. The van der Waals surface area contributed by atoms with E-state index in [1.54, 1.807) is 11.8 Å². The first kappa shape index (κ1) is 17.9. The minimum atomic E-state index is -0.233. The number of ether oxygens (including phenoxy) is 1. The zero-order chi connectivity index (χ0) is 16.8. The smallest absolute Gasteiger partial charge is 0.307 e. The molecule has 1 atom stereocenters. The molecule has 1 aromatic rings. The number of nitrogens with zero attached hydrogens (tertiary/aromatic N) is 3. The molecule has 0 aliphatic carbocycles. The number of esters is 1. The lowest BCUT2D eigenvalue weighted by Crippen LogP contribution is -2.45. The molecular weight excluding hydrogens is 314 g/mol. The molecule has 0 saturated carbocycles. The summed E-state index contributed by atoms with van der Waals surface area (Å²) >= 11 is 1.50. The van der Waals surface area contributed by atoms with E-state index in [-0.39, 0.29) is 24.3 Å². The number of hydrogen-bond donors (Lipinski definition) is 0. The van der Waals surface area contributed by atoms with Gasteiger partial charge < -0.3 is 14.5 Å². The first-order chi connectivity index (χ1) is 11.0. The topological polar surface area (TPSA) is 62.7 Å². The zero-order valence-corrected chi connectivity index (χ0v) is 14.9. The standard InChI is InChI=1S/C16H25N3O3S/c1-4-22-15(20)9-12-7-5-6-8-19(12)16(21)13-11-23-14(17-13)10-18(2)3/h11-12H,4-10H2,1-3H3/t12-/m0/s1. The van der Waals surface area contributed by atoms with Gasteiger partial charge in [0.1, 0.15) is 10.7 Å². The van der Waals surface area contributed by atoms with Gasteiger partial charge >= 0.3 is 5.97 Å². The average molecular weight is 339 g/mol. The maximum absolute atomic E-state index is 12.8. The Kier molecular flexibility index (Phi) is 6.53. The number of rotatable bonds is 6. The van der Waals surface area contributed by atoms with E-state index in [4.69, 9.17) is 4.74 Å². The Hall–Kier alpha value is -1.47. The second kappa shape index (κ2) is 8.40. The molecule has 0 N–H and O–H groups in total. The molecule has 0 aromatic carbocycles. The normalized spacial score (nSPS) is 18.3. The quantitative estimate of drug-likeness (QED) is 0.743. The SMILES string of the molecule is CCOC(=O)C[C@@H]1CCCCN1C(=O)c1csc(CN(C)C)n1. The maximum Gasteiger partial charge on any atom is 0.307 e. The van der Waals surface area contributed by atoms with Gasteiger partial charge in [-0.05, 0) is 40.3 Å². The summed E-state index contributed by atoms with van der Waals surface area (Å²) < 4.78 is 5.03. The van der Waals surface area contributed by atoms with Gasteiger partial charge in [-0.3, -0.25) is 9.59 Å². The van der Waals surface area contributed by atoms with Crippen molar-refractivity contribution in [3.8, 4) is 0 Å². The highest BCUT2D eigenvalue weighted by molar-refractivity contribution is 7.09. The summed E-state index contributed by atoms with van der Waals surface area (Å²) in [5, 5.41) is 2.74. The Balaban J connectivity index is 2.05. The van der Waals surface area contributed by atoms with E-state index in [2.05, 4.69) is 4.98 Å². The van der Waals surface area contributed by atoms with Crippen LogP contribution in [-0.4, -0.2) is 59.9 Å². The third-order valence-electron chi connectivity index (χ3n) is 3.82. The van der Waals surface area contributed by atoms with Crippen molar-refractivity contribution >= 4 is 23.2 Å². The highest BCUT2D eigenvalue weighted by atomic mass is 32.1. The summed E-state index contributed by atoms with van der Waals surface area (Å²) in [7, 11) is 3.95. The van der Waals surface area contributed by atoms with Crippen molar-refractivity contribution < 1.29 is 14.3 Å². The fraction of sp³-hybridized carbons (Fsp3) is 0.688. The molecule has 7 heteroatoms. The molecule has 2 rings (SSSR count). The molecule has 1 saturated heterocycles. The Labute approximate surface area is 141 Å². The number of aromatic nitrogens is 1. The predicted molar refractivity (Wildman–Crippen MR) is 89.4 cm³/mol. The molecule has 6 nitrogen and oxygen atoms in total. The molecular formula is C16H25N3O3S. The third kappa shape index (κ3) is 5.00. The number of hydrogen-bond acceptors (Lipinski definition) is 6. The zero-order valence-electron chi connectivity index (χ0n) is 14.1. The molecule has 128 valence electrons. The lowest BCUT2D eigenvalue weighted by molar-refractivity contribution is -0.144. The van der Waals surface area contributed by atoms with Gasteiger partial charge in [0.05, 0.1) is 13.0 Å². The van der Waals surface area contributed by atoms with Gasteiger partial charge in [-0.2, -0.15) is 0 Å². The summed E-state index contributed by atoms with van der Waals surface area (Å²) in [5.41, 5.74) is 0.489. The van der Waals surface area contributed by atoms with Gasteiger partial charge in [-0.1, -0.05) is 0 Å². The van der Waals surface area contributed by atoms with Crippen molar-refractivity contribution in [2.75, 3.05) is 27.2 Å². The molecule has 0 spiro atoms. The molecule has 1 aromatic heterocycles. The van der Waals surface area contributed by atoms with Crippen LogP contribution in [0.25, 0.3) is 0 Å². The lowest BCUT2D eigenvalue weighted by Gasteiger charge is -2.34. The largest absolute Gasteiger partial charge is 0.466 e. The van der Waals surface area contributed by atoms with Crippen molar-refractivity contribution in [3.63, 3.8) is 0 Å². The lowest BCUT2D eigenvalue weighted by atomic mass is 9.99. The van der Waals surface area contributed by atoms with Crippen LogP contribution in [0.3, 0.4) is 0 Å². The van der Waals surface area contributed by atoms with E-state index in [1.807, 2.05) is 24.4 Å². The van der Waals surface area contributed by atoms with Crippen LogP contribution in [0.15, 0.2) is 5.38 Å². The number of carbonyl (C=O) groups excluding carboxylic acids is 2. The van der Waals surface area contributed by atoms with Gasteiger partial charge in [0.15, 0.2) is 0 Å². The molecule has 23 heavy (non-hydrogen) atoms. The Morgan fingerprint density at radius 2 is 2.22 bits per heavy atom. The molecule has 1 aliphatic heterocycles. The second-order valence-corrected chi connectivity index (χ2v) is 6.96. The fourth-order valence-electron chi connectivity index (χ4n) is 2.79. The van der Waals surface area contributed by atoms with Crippen LogP contribution in [-0.2, 0) is 16.1 Å². The summed E-state index contributed by atoms with van der Waals surface area (Å²) in [6.45, 7) is 3.58. The van der Waals surface area contributed by atoms with Crippen LogP contribution in [0.1, 0.15) is 48.1 Å². The number of likely N-dealkylation sites (tertiary alicyclic amines) is 1. The minimum absolute atomic E-state index is 0.0692. The Bertz CT molecular complexity index is 544. The van der Waals surface area contributed by atoms with E-state index in [0.29, 0.717) is 18.8 Å². The summed E-state index contributed by atoms with van der Waals surface area (Å²) in [4.78, 5) is 32.8. The first-order valence-corrected chi connectivity index (χ1v) is 8.95. The Morgan fingerprint density at radius 1 is 1.43 bits per heavy atom. The monoisotopic (exact) mass is 339 g/mol. The predicted octanol–water partition coefficient (Wildman–Crippen LogP) is 2.15. The van der Waals surface area contributed by atoms with Crippen LogP contribution in [0.4, 0.5) is 0 Å². The number of amides is 1. The molecule has 1 fully saturated rings. The number of piperidine rings is 1. The van der Waals surface area contributed by atoms with Crippen molar-refractivity contribution in [2.24, 2.45) is 0 Å². The Morgan fingerprint density at radius 3 is 2.91 bits per heavy atom. The third-order valence-corrected chi connectivity index (χ3v) is 4.65. The van der Waals surface area contributed by atoms with E-state index in [0.717, 1.165) is 30.8 Å². The molecule has 1 aliphatic rings. The molecule has 0 unspecified atom stereocenters. The summed E-state index contributed by atoms with van der Waals surface area (Å²) in [6, 6.07) is -0.0747. The van der Waals surface area contributed by atoms with Crippen LogP contribution in [0.5, 0.6) is 0 Å². The number of carbonyl (C=O) groups is 2. The van der Waals surface area contributed by atoms with E-state index in [1.165, 1.54) is 11.3 Å². The van der Waals surface area contributed by atoms with Crippen LogP contribution < -0.4 is 0 Å². The van der Waals surface area contributed by atoms with Gasteiger partial charge in [0.25, 0.3) is 5.91 Å². The van der Waals surface area contributed by atoms with E-state index in [9.17, 15) is 9.59 Å². The van der Waals surface area contributed by atoms with Crippen molar-refractivity contribution in [1.82, 2.24) is 14.8 Å². The molecule has 0 radical (unpaired) electrons. The van der Waals surface area contributed by atoms with Crippen LogP contribution in [0.2, 0.25) is 0 Å². The van der Waals surface area contributed by atoms with Crippen LogP contribution >= 0.6 is 11.3 Å². The van der Waals surface area contributed by atoms with Gasteiger partial charge in [-0.25, -0.2) is 4.98 Å². The second-order valence-electron chi connectivity index (χ2n) is 6.02. The van der Waals surface area contributed by atoms with Crippen molar-refractivity contribution in [1.29, 1.82) is 0 Å². The van der Waals surface area contributed by atoms with Crippen LogP contribution in [0, 0.1) is 0 Å².